The number of pyridine rings is 2. The van der Waals surface area contributed by atoms with Crippen LogP contribution in [0.3, 0.4) is 0 Å². The van der Waals surface area contributed by atoms with E-state index in [-0.39, 0.29) is 0 Å². The van der Waals surface area contributed by atoms with Crippen LogP contribution >= 0.6 is 0 Å². The van der Waals surface area contributed by atoms with Gasteiger partial charge in [0.25, 0.3) is 0 Å². The zero-order valence-corrected chi connectivity index (χ0v) is 16.7. The standard InChI is InChI=1S/C23H22F3N3O2/c24-23(25,26)17-6-3-5-16(15-17)20-18(7-4-10-28-20)22(30)21(19-8-1-2-9-27-19)29-11-13-31-14-12-29/h1-10,15,21-22,30H,11-14H2/t21-,22+/m0/s1. The molecule has 162 valence electrons. The van der Waals surface area contributed by atoms with Crippen molar-refractivity contribution in [3.05, 3.63) is 83.8 Å². The van der Waals surface area contributed by atoms with Gasteiger partial charge in [-0.3, -0.25) is 14.9 Å². The number of hydrogen-bond donors (Lipinski definition) is 1. The molecule has 1 aliphatic rings. The smallest absolute Gasteiger partial charge is 0.386 e. The van der Waals surface area contributed by atoms with Crippen molar-refractivity contribution in [3.8, 4) is 11.3 Å². The number of ether oxygens (including phenoxy) is 1. The van der Waals surface area contributed by atoms with Crippen LogP contribution in [0.15, 0.2) is 67.0 Å². The number of morpholine rings is 1. The van der Waals surface area contributed by atoms with Gasteiger partial charge in [-0.1, -0.05) is 24.3 Å². The van der Waals surface area contributed by atoms with Crippen LogP contribution in [0.5, 0.6) is 0 Å². The van der Waals surface area contributed by atoms with Gasteiger partial charge in [-0.15, -0.1) is 0 Å². The van der Waals surface area contributed by atoms with Crippen LogP contribution < -0.4 is 0 Å². The van der Waals surface area contributed by atoms with Crippen molar-refractivity contribution in [2.75, 3.05) is 26.3 Å². The molecule has 0 spiro atoms. The fraction of sp³-hybridized carbons (Fsp3) is 0.304. The number of hydrogen-bond acceptors (Lipinski definition) is 5. The van der Waals surface area contributed by atoms with Gasteiger partial charge in [0.15, 0.2) is 0 Å². The number of benzene rings is 1. The van der Waals surface area contributed by atoms with Gasteiger partial charge >= 0.3 is 6.18 Å². The van der Waals surface area contributed by atoms with Crippen molar-refractivity contribution in [2.45, 2.75) is 18.3 Å². The second kappa shape index (κ2) is 9.13. The summed E-state index contributed by atoms with van der Waals surface area (Å²) < 4.78 is 45.2. The number of halogens is 3. The Morgan fingerprint density at radius 2 is 1.71 bits per heavy atom. The quantitative estimate of drug-likeness (QED) is 0.657. The van der Waals surface area contributed by atoms with Crippen LogP contribution in [0.25, 0.3) is 11.3 Å². The SMILES string of the molecule is O[C@H](c1cccnc1-c1cccc(C(F)(F)F)c1)[C@H](c1ccccn1)N1CCOCC1. The summed E-state index contributed by atoms with van der Waals surface area (Å²) in [5.74, 6) is 0. The zero-order chi connectivity index (χ0) is 21.8. The van der Waals surface area contributed by atoms with Crippen molar-refractivity contribution >= 4 is 0 Å². The largest absolute Gasteiger partial charge is 0.416 e. The topological polar surface area (TPSA) is 58.5 Å². The molecule has 8 heteroatoms. The van der Waals surface area contributed by atoms with Gasteiger partial charge < -0.3 is 9.84 Å². The Morgan fingerprint density at radius 1 is 0.935 bits per heavy atom. The molecule has 1 fully saturated rings. The predicted molar refractivity (Wildman–Crippen MR) is 109 cm³/mol. The van der Waals surface area contributed by atoms with Crippen molar-refractivity contribution in [3.63, 3.8) is 0 Å². The monoisotopic (exact) mass is 429 g/mol. The maximum atomic E-state index is 13.2. The Labute approximate surface area is 178 Å². The van der Waals surface area contributed by atoms with Crippen molar-refractivity contribution in [2.24, 2.45) is 0 Å². The summed E-state index contributed by atoms with van der Waals surface area (Å²) in [5, 5.41) is 11.5. The third kappa shape index (κ3) is 4.76. The second-order valence-electron chi connectivity index (χ2n) is 7.31. The third-order valence-electron chi connectivity index (χ3n) is 5.35. The van der Waals surface area contributed by atoms with E-state index < -0.39 is 23.9 Å². The lowest BCUT2D eigenvalue weighted by molar-refractivity contribution is -0.137. The first kappa shape index (κ1) is 21.4. The Morgan fingerprint density at radius 3 is 2.42 bits per heavy atom. The number of aliphatic hydroxyl groups excluding tert-OH is 1. The normalized spacial score (nSPS) is 17.3. The molecule has 3 aromatic rings. The summed E-state index contributed by atoms with van der Waals surface area (Å²) >= 11 is 0. The zero-order valence-electron chi connectivity index (χ0n) is 16.7. The molecule has 1 saturated heterocycles. The van der Waals surface area contributed by atoms with Crippen LogP contribution in [-0.2, 0) is 10.9 Å². The molecule has 3 heterocycles. The summed E-state index contributed by atoms with van der Waals surface area (Å²) in [6.07, 6.45) is -2.34. The predicted octanol–water partition coefficient (Wildman–Crippen LogP) is 4.27. The van der Waals surface area contributed by atoms with Gasteiger partial charge in [-0.05, 0) is 30.3 Å². The van der Waals surface area contributed by atoms with E-state index in [1.54, 1.807) is 30.5 Å². The maximum Gasteiger partial charge on any atom is 0.416 e. The van der Waals surface area contributed by atoms with E-state index in [0.717, 1.165) is 12.1 Å². The highest BCUT2D eigenvalue weighted by molar-refractivity contribution is 5.64. The van der Waals surface area contributed by atoms with Gasteiger partial charge in [-0.25, -0.2) is 0 Å². The van der Waals surface area contributed by atoms with E-state index >= 15 is 0 Å². The third-order valence-corrected chi connectivity index (χ3v) is 5.35. The molecule has 0 saturated carbocycles. The van der Waals surface area contributed by atoms with E-state index in [4.69, 9.17) is 4.74 Å². The first-order valence-corrected chi connectivity index (χ1v) is 9.98. The Hall–Kier alpha value is -2.81. The van der Waals surface area contributed by atoms with Crippen molar-refractivity contribution in [1.82, 2.24) is 14.9 Å². The molecule has 0 unspecified atom stereocenters. The van der Waals surface area contributed by atoms with E-state index in [9.17, 15) is 18.3 Å². The molecule has 5 nitrogen and oxygen atoms in total. The van der Waals surface area contributed by atoms with Gasteiger partial charge in [0.05, 0.1) is 36.2 Å². The highest BCUT2D eigenvalue weighted by atomic mass is 19.4. The molecule has 0 amide bonds. The van der Waals surface area contributed by atoms with Gasteiger partial charge in [-0.2, -0.15) is 13.2 Å². The lowest BCUT2D eigenvalue weighted by Gasteiger charge is -2.37. The molecule has 0 bridgehead atoms. The van der Waals surface area contributed by atoms with Crippen LogP contribution in [0.1, 0.15) is 29.0 Å². The number of aromatic nitrogens is 2. The molecular weight excluding hydrogens is 407 g/mol. The van der Waals surface area contributed by atoms with Crippen LogP contribution in [0.4, 0.5) is 13.2 Å². The number of nitrogens with zero attached hydrogens (tertiary/aromatic N) is 3. The minimum absolute atomic E-state index is 0.297. The molecule has 1 N–H and O–H groups in total. The Bertz CT molecular complexity index is 1010. The number of rotatable bonds is 5. The number of alkyl halides is 3. The minimum atomic E-state index is -4.46. The average molecular weight is 429 g/mol. The first-order valence-electron chi connectivity index (χ1n) is 9.98. The molecule has 31 heavy (non-hydrogen) atoms. The highest BCUT2D eigenvalue weighted by Gasteiger charge is 2.34. The van der Waals surface area contributed by atoms with Crippen molar-refractivity contribution in [1.29, 1.82) is 0 Å². The Kier molecular flexibility index (Phi) is 6.31. The molecule has 1 aromatic carbocycles. The molecular formula is C23H22F3N3O2. The number of aliphatic hydroxyl groups is 1. The molecule has 2 aromatic heterocycles. The van der Waals surface area contributed by atoms with Gasteiger partial charge in [0.2, 0.25) is 0 Å². The summed E-state index contributed by atoms with van der Waals surface area (Å²) in [7, 11) is 0. The van der Waals surface area contributed by atoms with E-state index in [0.29, 0.717) is 48.8 Å². The van der Waals surface area contributed by atoms with Crippen LogP contribution in [0.2, 0.25) is 0 Å². The van der Waals surface area contributed by atoms with Gasteiger partial charge in [0.1, 0.15) is 6.10 Å². The molecule has 0 radical (unpaired) electrons. The molecule has 0 aliphatic carbocycles. The molecule has 2 atom stereocenters. The maximum absolute atomic E-state index is 13.2. The Balaban J connectivity index is 1.76. The summed E-state index contributed by atoms with van der Waals surface area (Å²) in [6.45, 7) is 2.28. The van der Waals surface area contributed by atoms with E-state index in [1.807, 2.05) is 12.1 Å². The van der Waals surface area contributed by atoms with Crippen LogP contribution in [-0.4, -0.2) is 46.3 Å². The van der Waals surface area contributed by atoms with Gasteiger partial charge in [0, 0.05) is 36.6 Å². The fourth-order valence-electron chi connectivity index (χ4n) is 3.87. The second-order valence-corrected chi connectivity index (χ2v) is 7.31. The van der Waals surface area contributed by atoms with E-state index in [2.05, 4.69) is 14.9 Å². The fourth-order valence-corrected chi connectivity index (χ4v) is 3.87. The molecule has 4 rings (SSSR count). The summed E-state index contributed by atoms with van der Waals surface area (Å²) in [5.41, 5.74) is 0.978. The lowest BCUT2D eigenvalue weighted by atomic mass is 9.93. The minimum Gasteiger partial charge on any atom is -0.386 e. The highest BCUT2D eigenvalue weighted by Crippen LogP contribution is 2.38. The van der Waals surface area contributed by atoms with Crippen molar-refractivity contribution < 1.29 is 23.0 Å². The average Bonchev–Trinajstić information content (AvgIpc) is 2.80. The first-order chi connectivity index (χ1) is 14.9. The van der Waals surface area contributed by atoms with E-state index in [1.165, 1.54) is 12.3 Å². The molecule has 1 aliphatic heterocycles. The lowest BCUT2D eigenvalue weighted by Crippen LogP contribution is -2.41. The summed E-state index contributed by atoms with van der Waals surface area (Å²) in [4.78, 5) is 10.8. The van der Waals surface area contributed by atoms with Crippen LogP contribution in [0, 0.1) is 0 Å². The summed E-state index contributed by atoms with van der Waals surface area (Å²) in [6, 6.07) is 13.4.